The minimum atomic E-state index is -4.93. The lowest BCUT2D eigenvalue weighted by Crippen LogP contribution is -2.47. The summed E-state index contributed by atoms with van der Waals surface area (Å²) in [7, 11) is 0. The molecule has 1 atom stereocenters. The molecule has 2 aromatic rings. The molecule has 1 saturated heterocycles. The van der Waals surface area contributed by atoms with Gasteiger partial charge in [-0.15, -0.1) is 0 Å². The van der Waals surface area contributed by atoms with Crippen molar-refractivity contribution in [2.45, 2.75) is 32.4 Å². The van der Waals surface area contributed by atoms with Crippen LogP contribution in [0.5, 0.6) is 0 Å². The SMILES string of the molecule is CC(C)c1cc(C(=O)N2CCC(C(=O)O)(C(F)(F)F)C2)c2ccccc2n1. The molecule has 0 saturated carbocycles. The third-order valence-electron chi connectivity index (χ3n) is 5.07. The largest absolute Gasteiger partial charge is 0.481 e. The van der Waals surface area contributed by atoms with Gasteiger partial charge in [0.2, 0.25) is 0 Å². The highest BCUT2D eigenvalue weighted by atomic mass is 19.4. The molecular weight excluding hydrogens is 361 g/mol. The fourth-order valence-electron chi connectivity index (χ4n) is 3.35. The number of rotatable bonds is 3. The van der Waals surface area contributed by atoms with E-state index < -0.39 is 36.4 Å². The van der Waals surface area contributed by atoms with Gasteiger partial charge in [0, 0.05) is 24.2 Å². The summed E-state index contributed by atoms with van der Waals surface area (Å²) in [5.74, 6) is -2.54. The number of carboxylic acids is 1. The van der Waals surface area contributed by atoms with Crippen LogP contribution in [-0.2, 0) is 4.79 Å². The number of hydrogen-bond donors (Lipinski definition) is 1. The fraction of sp³-hybridized carbons (Fsp3) is 0.421. The lowest BCUT2D eigenvalue weighted by Gasteiger charge is -2.27. The molecule has 0 bridgehead atoms. The second-order valence-electron chi connectivity index (χ2n) is 7.13. The average Bonchev–Trinajstić information content (AvgIpc) is 3.07. The molecule has 1 unspecified atom stereocenters. The number of amides is 1. The van der Waals surface area contributed by atoms with Crippen molar-refractivity contribution in [1.29, 1.82) is 0 Å². The Balaban J connectivity index is 2.03. The van der Waals surface area contributed by atoms with Crippen LogP contribution >= 0.6 is 0 Å². The molecule has 1 N–H and O–H groups in total. The Kier molecular flexibility index (Phi) is 4.61. The van der Waals surface area contributed by atoms with E-state index in [0.717, 1.165) is 4.90 Å². The van der Waals surface area contributed by atoms with E-state index in [1.54, 1.807) is 30.3 Å². The summed E-state index contributed by atoms with van der Waals surface area (Å²) in [6, 6.07) is 8.49. The standard InChI is InChI=1S/C19H19F3N2O3/c1-11(2)15-9-13(12-5-3-4-6-14(12)23-15)16(25)24-8-7-18(10-24,17(26)27)19(20,21)22/h3-6,9,11H,7-8,10H2,1-2H3,(H,26,27). The number of pyridine rings is 1. The van der Waals surface area contributed by atoms with Gasteiger partial charge in [-0.2, -0.15) is 13.2 Å². The summed E-state index contributed by atoms with van der Waals surface area (Å²) < 4.78 is 40.2. The number of alkyl halides is 3. The Hall–Kier alpha value is -2.64. The first-order valence-electron chi connectivity index (χ1n) is 8.56. The lowest BCUT2D eigenvalue weighted by molar-refractivity contribution is -0.227. The zero-order chi connectivity index (χ0) is 20.0. The maximum absolute atomic E-state index is 13.4. The van der Waals surface area contributed by atoms with Crippen LogP contribution in [0.3, 0.4) is 0 Å². The van der Waals surface area contributed by atoms with Crippen LogP contribution in [0.15, 0.2) is 30.3 Å². The maximum atomic E-state index is 13.4. The highest BCUT2D eigenvalue weighted by molar-refractivity contribution is 6.06. The van der Waals surface area contributed by atoms with E-state index in [1.165, 1.54) is 0 Å². The number of aliphatic carboxylic acids is 1. The molecule has 144 valence electrons. The Morgan fingerprint density at radius 3 is 2.48 bits per heavy atom. The monoisotopic (exact) mass is 380 g/mol. The first kappa shape index (κ1) is 19.1. The minimum Gasteiger partial charge on any atom is -0.481 e. The van der Waals surface area contributed by atoms with Gasteiger partial charge in [0.1, 0.15) is 0 Å². The van der Waals surface area contributed by atoms with Crippen molar-refractivity contribution in [2.24, 2.45) is 5.41 Å². The van der Waals surface area contributed by atoms with Gasteiger partial charge < -0.3 is 10.0 Å². The molecule has 0 radical (unpaired) electrons. The number of para-hydroxylation sites is 1. The first-order chi connectivity index (χ1) is 12.6. The maximum Gasteiger partial charge on any atom is 0.406 e. The molecule has 5 nitrogen and oxygen atoms in total. The van der Waals surface area contributed by atoms with Crippen molar-refractivity contribution >= 4 is 22.8 Å². The number of fused-ring (bicyclic) bond motifs is 1. The molecule has 1 aliphatic rings. The fourth-order valence-corrected chi connectivity index (χ4v) is 3.35. The van der Waals surface area contributed by atoms with Crippen LogP contribution in [-0.4, -0.2) is 46.1 Å². The van der Waals surface area contributed by atoms with Crippen molar-refractivity contribution in [3.63, 3.8) is 0 Å². The van der Waals surface area contributed by atoms with Gasteiger partial charge >= 0.3 is 12.1 Å². The number of halogens is 3. The van der Waals surface area contributed by atoms with Gasteiger partial charge in [0.05, 0.1) is 11.1 Å². The number of likely N-dealkylation sites (tertiary alicyclic amines) is 1. The number of nitrogens with zero attached hydrogens (tertiary/aromatic N) is 2. The van der Waals surface area contributed by atoms with E-state index in [9.17, 15) is 27.9 Å². The van der Waals surface area contributed by atoms with Gasteiger partial charge in [-0.1, -0.05) is 32.0 Å². The van der Waals surface area contributed by atoms with E-state index in [1.807, 2.05) is 13.8 Å². The highest BCUT2D eigenvalue weighted by Gasteiger charge is 2.64. The number of hydrogen-bond acceptors (Lipinski definition) is 3. The number of carbonyl (C=O) groups is 2. The zero-order valence-electron chi connectivity index (χ0n) is 14.9. The van der Waals surface area contributed by atoms with Crippen LogP contribution in [0.1, 0.15) is 42.2 Å². The van der Waals surface area contributed by atoms with Gasteiger partial charge in [-0.3, -0.25) is 14.6 Å². The third kappa shape index (κ3) is 3.13. The molecule has 3 rings (SSSR count). The molecule has 0 aliphatic carbocycles. The normalized spacial score (nSPS) is 20.4. The molecule has 1 aliphatic heterocycles. The third-order valence-corrected chi connectivity index (χ3v) is 5.07. The zero-order valence-corrected chi connectivity index (χ0v) is 14.9. The predicted molar refractivity (Wildman–Crippen MR) is 92.5 cm³/mol. The Morgan fingerprint density at radius 2 is 1.93 bits per heavy atom. The second kappa shape index (κ2) is 6.51. The summed E-state index contributed by atoms with van der Waals surface area (Å²) >= 11 is 0. The van der Waals surface area contributed by atoms with Crippen LogP contribution in [0.4, 0.5) is 13.2 Å². The van der Waals surface area contributed by atoms with Crippen LogP contribution in [0.25, 0.3) is 10.9 Å². The molecule has 1 fully saturated rings. The molecule has 27 heavy (non-hydrogen) atoms. The first-order valence-corrected chi connectivity index (χ1v) is 8.56. The molecule has 1 amide bonds. The molecule has 0 spiro atoms. The molecule has 8 heteroatoms. The molecular formula is C19H19F3N2O3. The smallest absolute Gasteiger partial charge is 0.406 e. The molecule has 1 aromatic heterocycles. The number of carbonyl (C=O) groups excluding carboxylic acids is 1. The topological polar surface area (TPSA) is 70.5 Å². The quantitative estimate of drug-likeness (QED) is 0.878. The van der Waals surface area contributed by atoms with Crippen molar-refractivity contribution in [3.05, 3.63) is 41.6 Å². The van der Waals surface area contributed by atoms with Crippen molar-refractivity contribution in [2.75, 3.05) is 13.1 Å². The van der Waals surface area contributed by atoms with E-state index in [0.29, 0.717) is 16.6 Å². The van der Waals surface area contributed by atoms with E-state index >= 15 is 0 Å². The Morgan fingerprint density at radius 1 is 1.26 bits per heavy atom. The highest BCUT2D eigenvalue weighted by Crippen LogP contribution is 2.46. The number of aromatic nitrogens is 1. The minimum absolute atomic E-state index is 0.0213. The average molecular weight is 380 g/mol. The summed E-state index contributed by atoms with van der Waals surface area (Å²) in [5, 5.41) is 9.72. The molecule has 1 aromatic carbocycles. The lowest BCUT2D eigenvalue weighted by atomic mass is 9.86. The number of benzene rings is 1. The Labute approximate surface area is 153 Å². The van der Waals surface area contributed by atoms with Gasteiger partial charge in [0.25, 0.3) is 5.91 Å². The predicted octanol–water partition coefficient (Wildman–Crippen LogP) is 3.84. The Bertz CT molecular complexity index is 911. The van der Waals surface area contributed by atoms with Crippen molar-refractivity contribution in [1.82, 2.24) is 9.88 Å². The van der Waals surface area contributed by atoms with Crippen LogP contribution in [0.2, 0.25) is 0 Å². The summed E-state index contributed by atoms with van der Waals surface area (Å²) in [6.07, 6.45) is -5.59. The summed E-state index contributed by atoms with van der Waals surface area (Å²) in [6.45, 7) is 2.65. The summed E-state index contributed by atoms with van der Waals surface area (Å²) in [4.78, 5) is 29.8. The summed E-state index contributed by atoms with van der Waals surface area (Å²) in [5.41, 5.74) is -1.46. The van der Waals surface area contributed by atoms with E-state index in [4.69, 9.17) is 0 Å². The van der Waals surface area contributed by atoms with Crippen molar-refractivity contribution in [3.8, 4) is 0 Å². The van der Waals surface area contributed by atoms with Crippen LogP contribution < -0.4 is 0 Å². The van der Waals surface area contributed by atoms with Gasteiger partial charge in [-0.25, -0.2) is 0 Å². The van der Waals surface area contributed by atoms with E-state index in [-0.39, 0.29) is 18.0 Å². The molecule has 2 heterocycles. The van der Waals surface area contributed by atoms with E-state index in [2.05, 4.69) is 4.98 Å². The van der Waals surface area contributed by atoms with Crippen molar-refractivity contribution < 1.29 is 27.9 Å². The second-order valence-corrected chi connectivity index (χ2v) is 7.13. The number of carboxylic acid groups (broad SMARTS) is 1. The van der Waals surface area contributed by atoms with Gasteiger partial charge in [0.15, 0.2) is 5.41 Å². The van der Waals surface area contributed by atoms with Crippen LogP contribution in [0, 0.1) is 5.41 Å². The van der Waals surface area contributed by atoms with Gasteiger partial charge in [-0.05, 0) is 24.5 Å².